The minimum atomic E-state index is -0.369. The summed E-state index contributed by atoms with van der Waals surface area (Å²) in [6.07, 6.45) is 1.80. The summed E-state index contributed by atoms with van der Waals surface area (Å²) in [5.41, 5.74) is 7.08. The molecule has 1 aliphatic rings. The summed E-state index contributed by atoms with van der Waals surface area (Å²) in [6, 6.07) is 26.4. The predicted octanol–water partition coefficient (Wildman–Crippen LogP) is 5.80. The van der Waals surface area contributed by atoms with Gasteiger partial charge in [-0.25, -0.2) is 0 Å². The Morgan fingerprint density at radius 1 is 1.03 bits per heavy atom. The zero-order chi connectivity index (χ0) is 21.4. The molecule has 2 heterocycles. The van der Waals surface area contributed by atoms with Crippen molar-refractivity contribution in [1.82, 2.24) is 4.98 Å². The van der Waals surface area contributed by atoms with E-state index >= 15 is 0 Å². The maximum Gasteiger partial charge on any atom is 0.270 e. The highest BCUT2D eigenvalue weighted by Gasteiger charge is 2.28. The second kappa shape index (κ2) is 7.84. The van der Waals surface area contributed by atoms with Gasteiger partial charge in [0, 0.05) is 41.9 Å². The molecule has 5 nitrogen and oxygen atoms in total. The number of nitro groups is 1. The van der Waals surface area contributed by atoms with Gasteiger partial charge in [-0.15, -0.1) is 0 Å². The highest BCUT2D eigenvalue weighted by molar-refractivity contribution is 5.81. The van der Waals surface area contributed by atoms with Crippen molar-refractivity contribution >= 4 is 22.3 Å². The molecule has 0 saturated heterocycles. The minimum absolute atomic E-state index is 0.0915. The third-order valence-corrected chi connectivity index (χ3v) is 6.12. The molecule has 0 radical (unpaired) electrons. The van der Waals surface area contributed by atoms with Crippen molar-refractivity contribution in [3.05, 3.63) is 111 Å². The summed E-state index contributed by atoms with van der Waals surface area (Å²) in [7, 11) is 0. The molecule has 0 bridgehead atoms. The second-order valence-corrected chi connectivity index (χ2v) is 8.13. The van der Waals surface area contributed by atoms with Crippen LogP contribution in [-0.2, 0) is 12.8 Å². The molecule has 0 saturated carbocycles. The standard InChI is InChI=1S/C26H23N3O2/c1-18-6-10-22(11-7-18)28-15-14-19-4-2-3-5-24(19)26(28)17-21-9-8-20-16-23(29(30)31)12-13-25(20)27-21/h2-13,16,26H,14-15,17H2,1H3. The summed E-state index contributed by atoms with van der Waals surface area (Å²) in [6.45, 7) is 3.07. The van der Waals surface area contributed by atoms with E-state index in [4.69, 9.17) is 4.98 Å². The fourth-order valence-electron chi connectivity index (χ4n) is 4.50. The minimum Gasteiger partial charge on any atom is -0.364 e. The molecule has 0 fully saturated rings. The third kappa shape index (κ3) is 3.75. The van der Waals surface area contributed by atoms with Crippen molar-refractivity contribution < 1.29 is 4.92 Å². The Bertz CT molecular complexity index is 1270. The van der Waals surface area contributed by atoms with Gasteiger partial charge < -0.3 is 4.90 Å². The van der Waals surface area contributed by atoms with Gasteiger partial charge in [0.05, 0.1) is 16.5 Å². The number of hydrogen-bond donors (Lipinski definition) is 0. The first-order valence-electron chi connectivity index (χ1n) is 10.5. The largest absolute Gasteiger partial charge is 0.364 e. The van der Waals surface area contributed by atoms with Crippen molar-refractivity contribution in [3.63, 3.8) is 0 Å². The summed E-state index contributed by atoms with van der Waals surface area (Å²) < 4.78 is 0. The zero-order valence-electron chi connectivity index (χ0n) is 17.4. The number of benzene rings is 3. The van der Waals surface area contributed by atoms with Crippen LogP contribution in [0.3, 0.4) is 0 Å². The van der Waals surface area contributed by atoms with E-state index in [1.165, 1.54) is 28.4 Å². The van der Waals surface area contributed by atoms with Gasteiger partial charge in [-0.2, -0.15) is 0 Å². The van der Waals surface area contributed by atoms with Gasteiger partial charge >= 0.3 is 0 Å². The van der Waals surface area contributed by atoms with Gasteiger partial charge in [0.1, 0.15) is 0 Å². The Balaban J connectivity index is 1.53. The maximum absolute atomic E-state index is 11.1. The lowest BCUT2D eigenvalue weighted by atomic mass is 9.89. The highest BCUT2D eigenvalue weighted by Crippen LogP contribution is 2.36. The fraction of sp³-hybridized carbons (Fsp3) is 0.192. The molecule has 5 heteroatoms. The molecule has 0 spiro atoms. The molecule has 1 atom stereocenters. The van der Waals surface area contributed by atoms with Crippen LogP contribution in [0, 0.1) is 17.0 Å². The Hall–Kier alpha value is -3.73. The number of nitrogens with zero attached hydrogens (tertiary/aromatic N) is 3. The Labute approximate surface area is 181 Å². The molecule has 31 heavy (non-hydrogen) atoms. The number of anilines is 1. The topological polar surface area (TPSA) is 59.3 Å². The number of pyridine rings is 1. The molecule has 1 aliphatic heterocycles. The smallest absolute Gasteiger partial charge is 0.270 e. The first kappa shape index (κ1) is 19.2. The van der Waals surface area contributed by atoms with E-state index in [0.29, 0.717) is 0 Å². The third-order valence-electron chi connectivity index (χ3n) is 6.12. The Morgan fingerprint density at radius 3 is 2.65 bits per heavy atom. The number of aromatic nitrogens is 1. The average molecular weight is 409 g/mol. The first-order chi connectivity index (χ1) is 15.1. The molecule has 0 N–H and O–H groups in total. The number of non-ortho nitro benzene ring substituents is 1. The summed E-state index contributed by atoms with van der Waals surface area (Å²) >= 11 is 0. The SMILES string of the molecule is Cc1ccc(N2CCc3ccccc3C2Cc2ccc3cc([N+](=O)[O-])ccc3n2)cc1. The number of aryl methyl sites for hydroxylation is 1. The van der Waals surface area contributed by atoms with Crippen LogP contribution >= 0.6 is 0 Å². The fourth-order valence-corrected chi connectivity index (χ4v) is 4.50. The van der Waals surface area contributed by atoms with Crippen LogP contribution in [0.2, 0.25) is 0 Å². The molecule has 0 amide bonds. The Kier molecular flexibility index (Phi) is 4.86. The van der Waals surface area contributed by atoms with Gasteiger partial charge in [-0.05, 0) is 48.7 Å². The van der Waals surface area contributed by atoms with Gasteiger partial charge in [0.15, 0.2) is 0 Å². The van der Waals surface area contributed by atoms with Crippen LogP contribution in [0.1, 0.15) is 28.4 Å². The summed E-state index contributed by atoms with van der Waals surface area (Å²) in [4.78, 5) is 18.0. The van der Waals surface area contributed by atoms with Crippen LogP contribution in [0.25, 0.3) is 10.9 Å². The normalized spacial score (nSPS) is 15.6. The van der Waals surface area contributed by atoms with Crippen molar-refractivity contribution in [2.75, 3.05) is 11.4 Å². The van der Waals surface area contributed by atoms with E-state index in [1.807, 2.05) is 12.1 Å². The van der Waals surface area contributed by atoms with E-state index in [-0.39, 0.29) is 16.7 Å². The number of fused-ring (bicyclic) bond motifs is 2. The molecule has 1 unspecified atom stereocenters. The molecular formula is C26H23N3O2. The van der Waals surface area contributed by atoms with E-state index in [0.717, 1.165) is 36.0 Å². The Morgan fingerprint density at radius 2 is 1.84 bits per heavy atom. The van der Waals surface area contributed by atoms with Crippen molar-refractivity contribution in [2.24, 2.45) is 0 Å². The van der Waals surface area contributed by atoms with Crippen LogP contribution in [0.4, 0.5) is 11.4 Å². The van der Waals surface area contributed by atoms with Crippen LogP contribution in [0.5, 0.6) is 0 Å². The van der Waals surface area contributed by atoms with E-state index < -0.39 is 0 Å². The second-order valence-electron chi connectivity index (χ2n) is 8.13. The van der Waals surface area contributed by atoms with Crippen molar-refractivity contribution in [3.8, 4) is 0 Å². The monoisotopic (exact) mass is 409 g/mol. The lowest BCUT2D eigenvalue weighted by molar-refractivity contribution is -0.384. The lowest BCUT2D eigenvalue weighted by Crippen LogP contribution is -2.36. The van der Waals surface area contributed by atoms with Crippen molar-refractivity contribution in [1.29, 1.82) is 0 Å². The first-order valence-corrected chi connectivity index (χ1v) is 10.5. The highest BCUT2D eigenvalue weighted by atomic mass is 16.6. The predicted molar refractivity (Wildman–Crippen MR) is 124 cm³/mol. The molecule has 5 rings (SSSR count). The molecule has 1 aromatic heterocycles. The summed E-state index contributed by atoms with van der Waals surface area (Å²) in [5, 5.41) is 11.9. The maximum atomic E-state index is 11.1. The average Bonchev–Trinajstić information content (AvgIpc) is 2.79. The van der Waals surface area contributed by atoms with Gasteiger partial charge in [-0.3, -0.25) is 15.1 Å². The van der Waals surface area contributed by atoms with E-state index in [9.17, 15) is 10.1 Å². The van der Waals surface area contributed by atoms with E-state index in [1.54, 1.807) is 12.1 Å². The zero-order valence-corrected chi connectivity index (χ0v) is 17.4. The quantitative estimate of drug-likeness (QED) is 0.316. The van der Waals surface area contributed by atoms with Gasteiger partial charge in [-0.1, -0.05) is 48.0 Å². The van der Waals surface area contributed by atoms with Crippen molar-refractivity contribution in [2.45, 2.75) is 25.8 Å². The van der Waals surface area contributed by atoms with E-state index in [2.05, 4.69) is 60.4 Å². The lowest BCUT2D eigenvalue weighted by Gasteiger charge is -2.39. The molecule has 154 valence electrons. The van der Waals surface area contributed by atoms with Crippen LogP contribution in [0.15, 0.2) is 78.9 Å². The number of rotatable bonds is 4. The molecule has 0 aliphatic carbocycles. The molecule has 4 aromatic rings. The molecular weight excluding hydrogens is 386 g/mol. The van der Waals surface area contributed by atoms with Gasteiger partial charge in [0.25, 0.3) is 5.69 Å². The molecule has 3 aromatic carbocycles. The van der Waals surface area contributed by atoms with Crippen LogP contribution in [-0.4, -0.2) is 16.5 Å². The summed E-state index contributed by atoms with van der Waals surface area (Å²) in [5.74, 6) is 0. The van der Waals surface area contributed by atoms with Crippen LogP contribution < -0.4 is 4.90 Å². The number of hydrogen-bond acceptors (Lipinski definition) is 4. The van der Waals surface area contributed by atoms with Gasteiger partial charge in [0.2, 0.25) is 0 Å². The number of nitro benzene ring substituents is 1.